The molecule has 4 aromatic rings. The predicted molar refractivity (Wildman–Crippen MR) is 111 cm³/mol. The fraction of sp³-hybridized carbons (Fsp3) is 0.190. The number of aromatic nitrogens is 4. The van der Waals surface area contributed by atoms with Crippen LogP contribution in [0.4, 0.5) is 11.6 Å². The molecule has 2 aromatic heterocycles. The van der Waals surface area contributed by atoms with Gasteiger partial charge in [0.2, 0.25) is 5.95 Å². The first-order valence-corrected chi connectivity index (χ1v) is 9.37. The lowest BCUT2D eigenvalue weighted by atomic mass is 10.1. The number of aromatic hydroxyl groups is 1. The molecule has 2 aromatic carbocycles. The molecule has 8 nitrogen and oxygen atoms in total. The largest absolute Gasteiger partial charge is 0.508 e. The standard InChI is InChI=1S/C21H21N5O3/c1-2-11-29-16-9-5-14(6-10-16)22-21-25-19-18(20(28)26-21)23-17(24-19)12-13-3-7-15(27)8-4-13/h3-10,27H,2,11-12H2,1H3,(H3,22,23,24,25,26,28). The molecule has 0 spiro atoms. The Morgan fingerprint density at radius 2 is 1.79 bits per heavy atom. The van der Waals surface area contributed by atoms with Crippen molar-refractivity contribution in [1.82, 2.24) is 19.9 Å². The quantitative estimate of drug-likeness (QED) is 0.383. The second kappa shape index (κ2) is 8.05. The molecule has 0 aliphatic carbocycles. The summed E-state index contributed by atoms with van der Waals surface area (Å²) in [5.41, 5.74) is 2.10. The number of nitrogens with zero attached hydrogens (tertiary/aromatic N) is 2. The van der Waals surface area contributed by atoms with Gasteiger partial charge in [-0.2, -0.15) is 4.98 Å². The van der Waals surface area contributed by atoms with Gasteiger partial charge in [-0.3, -0.25) is 9.78 Å². The number of H-pyrrole nitrogens is 2. The summed E-state index contributed by atoms with van der Waals surface area (Å²) in [6.45, 7) is 2.73. The van der Waals surface area contributed by atoms with Gasteiger partial charge in [0.1, 0.15) is 17.3 Å². The number of rotatable bonds is 7. The number of ether oxygens (including phenoxy) is 1. The Hall–Kier alpha value is -3.81. The van der Waals surface area contributed by atoms with Crippen molar-refractivity contribution >= 4 is 22.8 Å². The highest BCUT2D eigenvalue weighted by molar-refractivity contribution is 5.71. The van der Waals surface area contributed by atoms with E-state index in [2.05, 4.69) is 32.2 Å². The van der Waals surface area contributed by atoms with Gasteiger partial charge in [0, 0.05) is 12.1 Å². The van der Waals surface area contributed by atoms with E-state index in [-0.39, 0.29) is 11.3 Å². The fourth-order valence-electron chi connectivity index (χ4n) is 2.90. The topological polar surface area (TPSA) is 116 Å². The number of anilines is 2. The average Bonchev–Trinajstić information content (AvgIpc) is 3.12. The van der Waals surface area contributed by atoms with Crippen molar-refractivity contribution in [2.24, 2.45) is 0 Å². The zero-order chi connectivity index (χ0) is 20.2. The number of fused-ring (bicyclic) bond motifs is 1. The van der Waals surface area contributed by atoms with Gasteiger partial charge in [-0.15, -0.1) is 0 Å². The van der Waals surface area contributed by atoms with Crippen molar-refractivity contribution in [2.75, 3.05) is 11.9 Å². The van der Waals surface area contributed by atoms with Crippen LogP contribution in [0.15, 0.2) is 53.3 Å². The number of imidazole rings is 1. The van der Waals surface area contributed by atoms with Gasteiger partial charge in [-0.25, -0.2) is 4.98 Å². The van der Waals surface area contributed by atoms with Crippen molar-refractivity contribution in [3.63, 3.8) is 0 Å². The van der Waals surface area contributed by atoms with Crippen LogP contribution in [0.5, 0.6) is 11.5 Å². The zero-order valence-corrected chi connectivity index (χ0v) is 15.9. The number of hydrogen-bond donors (Lipinski definition) is 4. The number of nitrogens with one attached hydrogen (secondary N) is 3. The first kappa shape index (κ1) is 18.5. The van der Waals surface area contributed by atoms with E-state index in [9.17, 15) is 9.90 Å². The molecule has 8 heteroatoms. The molecule has 29 heavy (non-hydrogen) atoms. The van der Waals surface area contributed by atoms with E-state index in [1.165, 1.54) is 0 Å². The molecule has 2 heterocycles. The second-order valence-electron chi connectivity index (χ2n) is 6.64. The van der Waals surface area contributed by atoms with Crippen LogP contribution < -0.4 is 15.6 Å². The summed E-state index contributed by atoms with van der Waals surface area (Å²) < 4.78 is 5.57. The summed E-state index contributed by atoms with van der Waals surface area (Å²) >= 11 is 0. The van der Waals surface area contributed by atoms with Crippen LogP contribution in [-0.2, 0) is 6.42 Å². The summed E-state index contributed by atoms with van der Waals surface area (Å²) in [5, 5.41) is 12.5. The van der Waals surface area contributed by atoms with Gasteiger partial charge in [-0.05, 0) is 48.4 Å². The van der Waals surface area contributed by atoms with Crippen LogP contribution in [0.1, 0.15) is 24.7 Å². The zero-order valence-electron chi connectivity index (χ0n) is 15.9. The summed E-state index contributed by atoms with van der Waals surface area (Å²) in [4.78, 5) is 27.0. The SMILES string of the molecule is CCCOc1ccc(Nc2nc3nc(Cc4ccc(O)cc4)[nH]c3c(=O)[nH]2)cc1. The van der Waals surface area contributed by atoms with Gasteiger partial charge in [0.25, 0.3) is 5.56 Å². The Labute approximate surface area is 166 Å². The van der Waals surface area contributed by atoms with Crippen LogP contribution in [0.25, 0.3) is 11.2 Å². The van der Waals surface area contributed by atoms with Gasteiger partial charge >= 0.3 is 0 Å². The van der Waals surface area contributed by atoms with E-state index in [1.54, 1.807) is 24.3 Å². The molecule has 0 aliphatic heterocycles. The third-order valence-corrected chi connectivity index (χ3v) is 4.31. The monoisotopic (exact) mass is 391 g/mol. The maximum atomic E-state index is 12.4. The molecular weight excluding hydrogens is 370 g/mol. The molecule has 0 bridgehead atoms. The first-order valence-electron chi connectivity index (χ1n) is 9.37. The van der Waals surface area contributed by atoms with Crippen molar-refractivity contribution in [3.8, 4) is 11.5 Å². The van der Waals surface area contributed by atoms with E-state index in [4.69, 9.17) is 4.74 Å². The molecule has 0 unspecified atom stereocenters. The number of phenols is 1. The molecule has 0 radical (unpaired) electrons. The van der Waals surface area contributed by atoms with Crippen molar-refractivity contribution < 1.29 is 9.84 Å². The minimum atomic E-state index is -0.301. The summed E-state index contributed by atoms with van der Waals surface area (Å²) in [6.07, 6.45) is 1.45. The molecule has 0 aliphatic rings. The third-order valence-electron chi connectivity index (χ3n) is 4.31. The highest BCUT2D eigenvalue weighted by Crippen LogP contribution is 2.19. The molecule has 0 saturated heterocycles. The van der Waals surface area contributed by atoms with Crippen molar-refractivity contribution in [3.05, 3.63) is 70.3 Å². The first-order chi connectivity index (χ1) is 14.1. The maximum absolute atomic E-state index is 12.4. The number of benzene rings is 2. The van der Waals surface area contributed by atoms with Crippen LogP contribution in [0.2, 0.25) is 0 Å². The van der Waals surface area contributed by atoms with E-state index >= 15 is 0 Å². The van der Waals surface area contributed by atoms with Crippen LogP contribution in [0.3, 0.4) is 0 Å². The van der Waals surface area contributed by atoms with E-state index in [0.29, 0.717) is 36.0 Å². The van der Waals surface area contributed by atoms with Gasteiger partial charge in [0.15, 0.2) is 11.2 Å². The Kier molecular flexibility index (Phi) is 5.15. The lowest BCUT2D eigenvalue weighted by Crippen LogP contribution is -2.11. The lowest BCUT2D eigenvalue weighted by Gasteiger charge is -2.07. The third kappa shape index (κ3) is 4.37. The molecule has 0 saturated carbocycles. The Morgan fingerprint density at radius 3 is 2.52 bits per heavy atom. The normalized spacial score (nSPS) is 10.9. The molecule has 0 atom stereocenters. The summed E-state index contributed by atoms with van der Waals surface area (Å²) in [7, 11) is 0. The molecule has 0 fully saturated rings. The van der Waals surface area contributed by atoms with Gasteiger partial charge in [-0.1, -0.05) is 19.1 Å². The average molecular weight is 391 g/mol. The molecule has 4 rings (SSSR count). The molecule has 0 amide bonds. The predicted octanol–water partition coefficient (Wildman–Crippen LogP) is 3.48. The lowest BCUT2D eigenvalue weighted by molar-refractivity contribution is 0.317. The molecule has 4 N–H and O–H groups in total. The van der Waals surface area contributed by atoms with Crippen molar-refractivity contribution in [1.29, 1.82) is 0 Å². The van der Waals surface area contributed by atoms with Crippen molar-refractivity contribution in [2.45, 2.75) is 19.8 Å². The van der Waals surface area contributed by atoms with Gasteiger partial charge in [0.05, 0.1) is 6.61 Å². The van der Waals surface area contributed by atoms with E-state index < -0.39 is 0 Å². The Balaban J connectivity index is 1.53. The minimum absolute atomic E-state index is 0.206. The molecule has 148 valence electrons. The smallest absolute Gasteiger partial charge is 0.278 e. The Morgan fingerprint density at radius 1 is 1.03 bits per heavy atom. The maximum Gasteiger partial charge on any atom is 0.278 e. The van der Waals surface area contributed by atoms with Crippen LogP contribution >= 0.6 is 0 Å². The summed E-state index contributed by atoms with van der Waals surface area (Å²) in [5.74, 6) is 1.93. The minimum Gasteiger partial charge on any atom is -0.508 e. The van der Waals surface area contributed by atoms with E-state index in [0.717, 1.165) is 23.4 Å². The number of phenolic OH excluding ortho intramolecular Hbond substituents is 1. The van der Waals surface area contributed by atoms with Crippen LogP contribution in [-0.4, -0.2) is 31.6 Å². The molecular formula is C21H21N5O3. The Bertz CT molecular complexity index is 1160. The summed E-state index contributed by atoms with van der Waals surface area (Å²) in [6, 6.07) is 14.3. The van der Waals surface area contributed by atoms with E-state index in [1.807, 2.05) is 24.3 Å². The fourth-order valence-corrected chi connectivity index (χ4v) is 2.90. The van der Waals surface area contributed by atoms with Gasteiger partial charge < -0.3 is 20.1 Å². The number of aromatic amines is 2. The number of hydrogen-bond acceptors (Lipinski definition) is 6. The second-order valence-corrected chi connectivity index (χ2v) is 6.64. The highest BCUT2D eigenvalue weighted by Gasteiger charge is 2.11. The van der Waals surface area contributed by atoms with Crippen LogP contribution in [0, 0.1) is 0 Å². The highest BCUT2D eigenvalue weighted by atomic mass is 16.5.